The Morgan fingerprint density at radius 3 is 2.80 bits per heavy atom. The van der Waals surface area contributed by atoms with Gasteiger partial charge >= 0.3 is 0 Å². The van der Waals surface area contributed by atoms with Crippen LogP contribution < -0.4 is 10.3 Å². The molecule has 30 heavy (non-hydrogen) atoms. The number of benzene rings is 2. The van der Waals surface area contributed by atoms with E-state index in [0.29, 0.717) is 23.0 Å². The second kappa shape index (κ2) is 8.69. The van der Waals surface area contributed by atoms with Gasteiger partial charge in [0, 0.05) is 32.1 Å². The van der Waals surface area contributed by atoms with Crippen LogP contribution in [0.5, 0.6) is 5.75 Å². The lowest BCUT2D eigenvalue weighted by Gasteiger charge is -2.19. The second-order valence-electron chi connectivity index (χ2n) is 7.89. The lowest BCUT2D eigenvalue weighted by atomic mass is 10.1. The van der Waals surface area contributed by atoms with E-state index in [-0.39, 0.29) is 11.5 Å². The molecule has 1 amide bonds. The van der Waals surface area contributed by atoms with E-state index in [1.165, 1.54) is 6.42 Å². The lowest BCUT2D eigenvalue weighted by molar-refractivity contribution is 0.0785. The van der Waals surface area contributed by atoms with Crippen LogP contribution in [0.25, 0.3) is 10.9 Å². The molecule has 4 rings (SSSR count). The third-order valence-electron chi connectivity index (χ3n) is 5.71. The van der Waals surface area contributed by atoms with Crippen molar-refractivity contribution in [3.05, 3.63) is 69.8 Å². The summed E-state index contributed by atoms with van der Waals surface area (Å²) in [5, 5.41) is 0.575. The van der Waals surface area contributed by atoms with Crippen molar-refractivity contribution >= 4 is 16.8 Å². The van der Waals surface area contributed by atoms with Gasteiger partial charge in [0.15, 0.2) is 0 Å². The summed E-state index contributed by atoms with van der Waals surface area (Å²) in [6, 6.07) is 12.9. The summed E-state index contributed by atoms with van der Waals surface area (Å²) in [5.74, 6) is 1.50. The molecule has 0 bridgehead atoms. The zero-order valence-electron chi connectivity index (χ0n) is 17.6. The van der Waals surface area contributed by atoms with Gasteiger partial charge in [0.05, 0.1) is 18.0 Å². The molecule has 0 fully saturated rings. The maximum absolute atomic E-state index is 13.0. The van der Waals surface area contributed by atoms with Gasteiger partial charge in [-0.3, -0.25) is 14.2 Å². The summed E-state index contributed by atoms with van der Waals surface area (Å²) >= 11 is 0. The minimum atomic E-state index is -0.103. The summed E-state index contributed by atoms with van der Waals surface area (Å²) in [4.78, 5) is 32.4. The number of fused-ring (bicyclic) bond motifs is 2. The van der Waals surface area contributed by atoms with Gasteiger partial charge in [0.2, 0.25) is 0 Å². The predicted octanol–water partition coefficient (Wildman–Crippen LogP) is 3.79. The quantitative estimate of drug-likeness (QED) is 0.662. The molecule has 0 aliphatic carbocycles. The summed E-state index contributed by atoms with van der Waals surface area (Å²) in [5.41, 5.74) is 2.13. The van der Waals surface area contributed by atoms with Crippen molar-refractivity contribution in [3.8, 4) is 5.75 Å². The van der Waals surface area contributed by atoms with Gasteiger partial charge in [-0.05, 0) is 48.7 Å². The first kappa shape index (κ1) is 20.1. The summed E-state index contributed by atoms with van der Waals surface area (Å²) < 4.78 is 7.08. The molecule has 1 aliphatic rings. The molecule has 0 atom stereocenters. The van der Waals surface area contributed by atoms with Gasteiger partial charge in [-0.2, -0.15) is 0 Å². The molecule has 156 valence electrons. The van der Waals surface area contributed by atoms with Crippen molar-refractivity contribution in [1.29, 1.82) is 0 Å². The predicted molar refractivity (Wildman–Crippen MR) is 117 cm³/mol. The molecule has 2 aromatic carbocycles. The first-order valence-corrected chi connectivity index (χ1v) is 10.5. The Morgan fingerprint density at radius 2 is 1.97 bits per heavy atom. The molecular weight excluding hydrogens is 378 g/mol. The first-order chi connectivity index (χ1) is 14.6. The van der Waals surface area contributed by atoms with Crippen molar-refractivity contribution in [3.63, 3.8) is 0 Å². The van der Waals surface area contributed by atoms with Gasteiger partial charge in [0.25, 0.3) is 11.5 Å². The fourth-order valence-corrected chi connectivity index (χ4v) is 4.06. The highest BCUT2D eigenvalue weighted by atomic mass is 16.5. The minimum Gasteiger partial charge on any atom is -0.497 e. The lowest BCUT2D eigenvalue weighted by Crippen LogP contribution is -2.28. The zero-order valence-corrected chi connectivity index (χ0v) is 17.6. The van der Waals surface area contributed by atoms with Crippen LogP contribution in [-0.2, 0) is 19.5 Å². The Hall–Kier alpha value is -3.15. The van der Waals surface area contributed by atoms with E-state index in [4.69, 9.17) is 9.72 Å². The van der Waals surface area contributed by atoms with Crippen LogP contribution in [0.4, 0.5) is 0 Å². The van der Waals surface area contributed by atoms with Gasteiger partial charge in [0.1, 0.15) is 11.6 Å². The highest BCUT2D eigenvalue weighted by Crippen LogP contribution is 2.19. The summed E-state index contributed by atoms with van der Waals surface area (Å²) in [6.45, 7) is 1.19. The van der Waals surface area contributed by atoms with Crippen LogP contribution in [0.2, 0.25) is 0 Å². The van der Waals surface area contributed by atoms with Crippen molar-refractivity contribution in [2.24, 2.45) is 0 Å². The smallest absolute Gasteiger partial charge is 0.261 e. The molecule has 0 N–H and O–H groups in total. The number of methoxy groups -OCH3 is 1. The molecule has 0 saturated carbocycles. The number of amides is 1. The highest BCUT2D eigenvalue weighted by molar-refractivity contribution is 5.97. The number of carbonyl (C=O) groups excluding carboxylic acids is 1. The van der Waals surface area contributed by atoms with Crippen LogP contribution in [0.1, 0.15) is 47.4 Å². The van der Waals surface area contributed by atoms with E-state index in [2.05, 4.69) is 0 Å². The molecule has 2 heterocycles. The SMILES string of the molecule is COc1cccc(CN(C)C(=O)c2ccc3c(=O)n4c(nc3c2)CCCCCC4)c1. The van der Waals surface area contributed by atoms with E-state index in [0.717, 1.165) is 49.4 Å². The van der Waals surface area contributed by atoms with Gasteiger partial charge in [-0.25, -0.2) is 4.98 Å². The molecule has 3 aromatic rings. The van der Waals surface area contributed by atoms with E-state index in [1.54, 1.807) is 37.3 Å². The fraction of sp³-hybridized carbons (Fsp3) is 0.375. The molecule has 6 nitrogen and oxygen atoms in total. The Morgan fingerprint density at radius 1 is 1.13 bits per heavy atom. The van der Waals surface area contributed by atoms with Crippen LogP contribution in [0, 0.1) is 0 Å². The highest BCUT2D eigenvalue weighted by Gasteiger charge is 2.17. The molecule has 0 unspecified atom stereocenters. The van der Waals surface area contributed by atoms with E-state index in [9.17, 15) is 9.59 Å². The van der Waals surface area contributed by atoms with E-state index in [1.807, 2.05) is 28.8 Å². The molecular formula is C24H27N3O3. The van der Waals surface area contributed by atoms with Crippen LogP contribution in [0.15, 0.2) is 47.3 Å². The third kappa shape index (κ3) is 4.08. The number of hydrogen-bond donors (Lipinski definition) is 0. The first-order valence-electron chi connectivity index (χ1n) is 10.5. The number of ether oxygens (including phenoxy) is 1. The van der Waals surface area contributed by atoms with Crippen LogP contribution >= 0.6 is 0 Å². The number of hydrogen-bond acceptors (Lipinski definition) is 4. The zero-order chi connectivity index (χ0) is 21.1. The number of aryl methyl sites for hydroxylation is 1. The van der Waals surface area contributed by atoms with Crippen molar-refractivity contribution in [1.82, 2.24) is 14.5 Å². The molecule has 0 radical (unpaired) electrons. The van der Waals surface area contributed by atoms with Gasteiger partial charge < -0.3 is 9.64 Å². The average molecular weight is 405 g/mol. The van der Waals surface area contributed by atoms with Gasteiger partial charge in [-0.15, -0.1) is 0 Å². The maximum Gasteiger partial charge on any atom is 0.261 e. The van der Waals surface area contributed by atoms with E-state index < -0.39 is 0 Å². The Labute approximate surface area is 176 Å². The standard InChI is InChI=1S/C24H27N3O3/c1-26(16-17-8-7-9-19(14-17)30-2)23(28)18-11-12-20-21(15-18)25-22-10-5-3-4-6-13-27(22)24(20)29/h7-9,11-12,14-15H,3-6,10,13,16H2,1-2H3. The number of rotatable bonds is 4. The largest absolute Gasteiger partial charge is 0.497 e. The van der Waals surface area contributed by atoms with Crippen LogP contribution in [-0.4, -0.2) is 34.5 Å². The molecule has 6 heteroatoms. The second-order valence-corrected chi connectivity index (χ2v) is 7.89. The molecule has 1 aliphatic heterocycles. The maximum atomic E-state index is 13.0. The normalized spacial score (nSPS) is 13.9. The number of nitrogens with zero attached hydrogens (tertiary/aromatic N) is 3. The van der Waals surface area contributed by atoms with Crippen molar-refractivity contribution in [2.45, 2.75) is 45.2 Å². The molecule has 0 spiro atoms. The topological polar surface area (TPSA) is 64.4 Å². The Kier molecular flexibility index (Phi) is 5.84. The van der Waals surface area contributed by atoms with Crippen molar-refractivity contribution < 1.29 is 9.53 Å². The Balaban J connectivity index is 1.62. The van der Waals surface area contributed by atoms with Crippen molar-refractivity contribution in [2.75, 3.05) is 14.2 Å². The number of carbonyl (C=O) groups is 1. The van der Waals surface area contributed by atoms with E-state index >= 15 is 0 Å². The molecule has 0 saturated heterocycles. The minimum absolute atomic E-state index is 0.000587. The number of aromatic nitrogens is 2. The third-order valence-corrected chi connectivity index (χ3v) is 5.71. The summed E-state index contributed by atoms with van der Waals surface area (Å²) in [7, 11) is 3.40. The monoisotopic (exact) mass is 405 g/mol. The fourth-order valence-electron chi connectivity index (χ4n) is 4.06. The average Bonchev–Trinajstić information content (AvgIpc) is 2.74. The summed E-state index contributed by atoms with van der Waals surface area (Å²) in [6.07, 6.45) is 5.17. The van der Waals surface area contributed by atoms with Crippen LogP contribution in [0.3, 0.4) is 0 Å². The van der Waals surface area contributed by atoms with Gasteiger partial charge in [-0.1, -0.05) is 25.0 Å². The Bertz CT molecular complexity index is 1140. The molecule has 1 aromatic heterocycles.